The van der Waals surface area contributed by atoms with Crippen LogP contribution in [-0.2, 0) is 6.54 Å². The molecule has 1 rings (SSSR count). The Morgan fingerprint density at radius 2 is 1.94 bits per heavy atom. The lowest BCUT2D eigenvalue weighted by Gasteiger charge is -2.17. The molecule has 0 aliphatic rings. The highest BCUT2D eigenvalue weighted by molar-refractivity contribution is 7.99. The molecule has 18 heavy (non-hydrogen) atoms. The van der Waals surface area contributed by atoms with Crippen LogP contribution in [0.3, 0.4) is 0 Å². The first-order valence-corrected chi connectivity index (χ1v) is 7.84. The van der Waals surface area contributed by atoms with Crippen LogP contribution in [0, 0.1) is 0 Å². The second kappa shape index (κ2) is 8.44. The van der Waals surface area contributed by atoms with E-state index in [-0.39, 0.29) is 6.10 Å². The standard InChI is InChI=1S/C15H25NOS/c1-5-18-11-13(4)16-10-14-8-6-7-9-15(14)17-12(2)3/h6-9,12-13,16H,5,10-11H2,1-4H3. The van der Waals surface area contributed by atoms with Gasteiger partial charge in [-0.1, -0.05) is 25.1 Å². The minimum Gasteiger partial charge on any atom is -0.491 e. The van der Waals surface area contributed by atoms with E-state index in [1.807, 2.05) is 23.9 Å². The number of para-hydroxylation sites is 1. The highest BCUT2D eigenvalue weighted by atomic mass is 32.2. The summed E-state index contributed by atoms with van der Waals surface area (Å²) in [6.45, 7) is 9.42. The molecule has 102 valence electrons. The van der Waals surface area contributed by atoms with Crippen LogP contribution < -0.4 is 10.1 Å². The third-order valence-electron chi connectivity index (χ3n) is 2.55. The van der Waals surface area contributed by atoms with Gasteiger partial charge >= 0.3 is 0 Å². The predicted molar refractivity (Wildman–Crippen MR) is 81.5 cm³/mol. The monoisotopic (exact) mass is 267 g/mol. The first-order chi connectivity index (χ1) is 8.63. The second-order valence-corrected chi connectivity index (χ2v) is 6.03. The minimum atomic E-state index is 0.222. The van der Waals surface area contributed by atoms with Gasteiger partial charge in [0.2, 0.25) is 0 Å². The molecule has 1 aromatic carbocycles. The van der Waals surface area contributed by atoms with Crippen LogP contribution in [0.4, 0.5) is 0 Å². The number of nitrogens with one attached hydrogen (secondary N) is 1. The summed E-state index contributed by atoms with van der Waals surface area (Å²) >= 11 is 1.97. The van der Waals surface area contributed by atoms with E-state index in [4.69, 9.17) is 4.74 Å². The van der Waals surface area contributed by atoms with Crippen LogP contribution in [0.5, 0.6) is 5.75 Å². The zero-order valence-corrected chi connectivity index (χ0v) is 12.7. The number of ether oxygens (including phenoxy) is 1. The van der Waals surface area contributed by atoms with E-state index in [1.165, 1.54) is 11.3 Å². The lowest BCUT2D eigenvalue weighted by molar-refractivity contribution is 0.239. The fraction of sp³-hybridized carbons (Fsp3) is 0.600. The first kappa shape index (κ1) is 15.4. The van der Waals surface area contributed by atoms with E-state index >= 15 is 0 Å². The molecule has 3 heteroatoms. The largest absolute Gasteiger partial charge is 0.491 e. The molecule has 0 aliphatic carbocycles. The van der Waals surface area contributed by atoms with Crippen molar-refractivity contribution in [3.05, 3.63) is 29.8 Å². The molecule has 0 fully saturated rings. The topological polar surface area (TPSA) is 21.3 Å². The van der Waals surface area contributed by atoms with E-state index in [1.54, 1.807) is 0 Å². The van der Waals surface area contributed by atoms with Crippen LogP contribution in [0.1, 0.15) is 33.3 Å². The van der Waals surface area contributed by atoms with Gasteiger partial charge in [-0.2, -0.15) is 11.8 Å². The Morgan fingerprint density at radius 1 is 1.22 bits per heavy atom. The minimum absolute atomic E-state index is 0.222. The highest BCUT2D eigenvalue weighted by Crippen LogP contribution is 2.19. The van der Waals surface area contributed by atoms with Gasteiger partial charge in [0.15, 0.2) is 0 Å². The van der Waals surface area contributed by atoms with Gasteiger partial charge in [0, 0.05) is 23.9 Å². The molecule has 2 nitrogen and oxygen atoms in total. The summed E-state index contributed by atoms with van der Waals surface area (Å²) < 4.78 is 5.81. The van der Waals surface area contributed by atoms with Crippen LogP contribution >= 0.6 is 11.8 Å². The molecular formula is C15H25NOS. The van der Waals surface area contributed by atoms with Crippen LogP contribution in [-0.4, -0.2) is 23.7 Å². The van der Waals surface area contributed by atoms with Crippen molar-refractivity contribution in [1.29, 1.82) is 0 Å². The summed E-state index contributed by atoms with van der Waals surface area (Å²) in [5, 5.41) is 3.55. The lowest BCUT2D eigenvalue weighted by atomic mass is 10.2. The van der Waals surface area contributed by atoms with E-state index in [2.05, 4.69) is 45.1 Å². The van der Waals surface area contributed by atoms with E-state index < -0.39 is 0 Å². The lowest BCUT2D eigenvalue weighted by Crippen LogP contribution is -2.28. The predicted octanol–water partition coefficient (Wildman–Crippen LogP) is 3.71. The number of rotatable bonds is 8. The number of hydrogen-bond acceptors (Lipinski definition) is 3. The molecule has 0 spiro atoms. The van der Waals surface area contributed by atoms with Gasteiger partial charge in [0.05, 0.1) is 6.10 Å². The fourth-order valence-electron chi connectivity index (χ4n) is 1.66. The Bertz CT molecular complexity index is 341. The van der Waals surface area contributed by atoms with E-state index in [9.17, 15) is 0 Å². The van der Waals surface area contributed by atoms with Gasteiger partial charge in [0.1, 0.15) is 5.75 Å². The molecule has 1 aromatic rings. The molecule has 0 saturated heterocycles. The van der Waals surface area contributed by atoms with Gasteiger partial charge in [-0.05, 0) is 32.6 Å². The van der Waals surface area contributed by atoms with Gasteiger partial charge < -0.3 is 10.1 Å². The molecule has 1 atom stereocenters. The third kappa shape index (κ3) is 5.78. The summed E-state index contributed by atoms with van der Waals surface area (Å²) in [4.78, 5) is 0. The van der Waals surface area contributed by atoms with Crippen molar-refractivity contribution in [3.63, 3.8) is 0 Å². The van der Waals surface area contributed by atoms with Crippen molar-refractivity contribution in [2.45, 2.75) is 46.4 Å². The Kier molecular flexibility index (Phi) is 7.21. The average Bonchev–Trinajstić information content (AvgIpc) is 2.34. The van der Waals surface area contributed by atoms with Crippen LogP contribution in [0.15, 0.2) is 24.3 Å². The van der Waals surface area contributed by atoms with Crippen molar-refractivity contribution in [1.82, 2.24) is 5.32 Å². The number of thioether (sulfide) groups is 1. The van der Waals surface area contributed by atoms with Crippen molar-refractivity contribution >= 4 is 11.8 Å². The summed E-state index contributed by atoms with van der Waals surface area (Å²) in [5.74, 6) is 3.33. The molecule has 0 aliphatic heterocycles. The van der Waals surface area contributed by atoms with Crippen LogP contribution in [0.25, 0.3) is 0 Å². The summed E-state index contributed by atoms with van der Waals surface area (Å²) in [6, 6.07) is 8.79. The van der Waals surface area contributed by atoms with Crippen LogP contribution in [0.2, 0.25) is 0 Å². The number of benzene rings is 1. The molecule has 1 N–H and O–H groups in total. The molecule has 0 radical (unpaired) electrons. The molecule has 0 bridgehead atoms. The maximum Gasteiger partial charge on any atom is 0.124 e. The van der Waals surface area contributed by atoms with Gasteiger partial charge in [-0.3, -0.25) is 0 Å². The van der Waals surface area contributed by atoms with Gasteiger partial charge in [0.25, 0.3) is 0 Å². The highest BCUT2D eigenvalue weighted by Gasteiger charge is 2.06. The second-order valence-electron chi connectivity index (χ2n) is 4.72. The first-order valence-electron chi connectivity index (χ1n) is 6.69. The Balaban J connectivity index is 2.50. The Hall–Kier alpha value is -0.670. The molecular weight excluding hydrogens is 242 g/mol. The molecule has 0 aromatic heterocycles. The van der Waals surface area contributed by atoms with Crippen molar-refractivity contribution in [3.8, 4) is 5.75 Å². The Labute approximate surface area is 116 Å². The van der Waals surface area contributed by atoms with Crippen molar-refractivity contribution in [2.75, 3.05) is 11.5 Å². The van der Waals surface area contributed by atoms with E-state index in [0.29, 0.717) is 6.04 Å². The maximum absolute atomic E-state index is 5.81. The number of hydrogen-bond donors (Lipinski definition) is 1. The van der Waals surface area contributed by atoms with E-state index in [0.717, 1.165) is 18.0 Å². The van der Waals surface area contributed by atoms with Gasteiger partial charge in [-0.15, -0.1) is 0 Å². The average molecular weight is 267 g/mol. The molecule has 0 saturated carbocycles. The van der Waals surface area contributed by atoms with Crippen molar-refractivity contribution < 1.29 is 4.74 Å². The molecule has 0 amide bonds. The quantitative estimate of drug-likeness (QED) is 0.776. The summed E-state index contributed by atoms with van der Waals surface area (Å²) in [6.07, 6.45) is 0.222. The van der Waals surface area contributed by atoms with Crippen molar-refractivity contribution in [2.24, 2.45) is 0 Å². The summed E-state index contributed by atoms with van der Waals surface area (Å²) in [7, 11) is 0. The smallest absolute Gasteiger partial charge is 0.124 e. The normalized spacial score (nSPS) is 12.7. The molecule has 0 heterocycles. The Morgan fingerprint density at radius 3 is 2.61 bits per heavy atom. The zero-order chi connectivity index (χ0) is 13.4. The third-order valence-corrected chi connectivity index (χ3v) is 3.69. The zero-order valence-electron chi connectivity index (χ0n) is 11.9. The SMILES string of the molecule is CCSCC(C)NCc1ccccc1OC(C)C. The molecule has 1 unspecified atom stereocenters. The van der Waals surface area contributed by atoms with Gasteiger partial charge in [-0.25, -0.2) is 0 Å². The fourth-order valence-corrected chi connectivity index (χ4v) is 2.36. The maximum atomic E-state index is 5.81. The summed E-state index contributed by atoms with van der Waals surface area (Å²) in [5.41, 5.74) is 1.24.